The van der Waals surface area contributed by atoms with E-state index < -0.39 is 71.9 Å². The second-order valence-electron chi connectivity index (χ2n) is 14.5. The molecule has 0 saturated carbocycles. The molecule has 2 aliphatic rings. The summed E-state index contributed by atoms with van der Waals surface area (Å²) >= 11 is 0. The zero-order valence-electron chi connectivity index (χ0n) is 28.6. The molecule has 0 bridgehead atoms. The molecule has 0 aromatic rings. The Kier molecular flexibility index (Phi) is 13.5. The zero-order chi connectivity index (χ0) is 33.2. The van der Waals surface area contributed by atoms with Crippen molar-refractivity contribution in [2.75, 3.05) is 20.6 Å². The van der Waals surface area contributed by atoms with Gasteiger partial charge >= 0.3 is 5.97 Å². The van der Waals surface area contributed by atoms with Crippen LogP contribution in [0.3, 0.4) is 0 Å². The molecule has 2 fully saturated rings. The van der Waals surface area contributed by atoms with E-state index >= 15 is 0 Å². The van der Waals surface area contributed by atoms with Gasteiger partial charge in [-0.2, -0.15) is 0 Å². The number of rotatable bonds is 5. The maximum absolute atomic E-state index is 13.4. The minimum atomic E-state index is -1.76. The van der Waals surface area contributed by atoms with Crippen molar-refractivity contribution in [2.24, 2.45) is 17.8 Å². The SMILES string of the molecule is CC[C@H]1OC(=O)[C@H](C)[C@@H](O)[C@H](C)[C@@H](O[C@@H]2O[C@H](C)C[C@H](N(C)C)[C@H]2O)[C@](C)(O)C[C@@H](C)CN(C(C)C)[C@H](C)[C@@H](O)[C@]1(C)O. The molecule has 11 nitrogen and oxygen atoms in total. The molecule has 2 heterocycles. The maximum atomic E-state index is 13.4. The van der Waals surface area contributed by atoms with Crippen molar-refractivity contribution < 1.29 is 44.5 Å². The average Bonchev–Trinajstić information content (AvgIpc) is 2.91. The van der Waals surface area contributed by atoms with E-state index in [4.69, 9.17) is 14.2 Å². The quantitative estimate of drug-likeness (QED) is 0.287. The molecule has 5 N–H and O–H groups in total. The van der Waals surface area contributed by atoms with Gasteiger partial charge in [0.05, 0.1) is 29.8 Å². The number of aliphatic hydroxyl groups is 5. The Morgan fingerprint density at radius 1 is 1.05 bits per heavy atom. The number of hydrogen-bond acceptors (Lipinski definition) is 11. The molecular formula is C32H62N2O9. The molecule has 0 unspecified atom stereocenters. The van der Waals surface area contributed by atoms with E-state index in [0.29, 0.717) is 13.0 Å². The first-order valence-corrected chi connectivity index (χ1v) is 16.1. The lowest BCUT2D eigenvalue weighted by atomic mass is 9.78. The molecule has 2 saturated heterocycles. The van der Waals surface area contributed by atoms with E-state index in [1.807, 2.05) is 53.6 Å². The van der Waals surface area contributed by atoms with Crippen LogP contribution in [-0.2, 0) is 19.0 Å². The number of hydrogen-bond donors (Lipinski definition) is 5. The van der Waals surface area contributed by atoms with Gasteiger partial charge in [0.1, 0.15) is 23.9 Å². The van der Waals surface area contributed by atoms with E-state index in [1.54, 1.807) is 20.8 Å². The monoisotopic (exact) mass is 618 g/mol. The first-order valence-electron chi connectivity index (χ1n) is 16.1. The molecule has 0 aliphatic carbocycles. The van der Waals surface area contributed by atoms with E-state index in [0.717, 1.165) is 0 Å². The van der Waals surface area contributed by atoms with Crippen molar-refractivity contribution in [1.29, 1.82) is 0 Å². The van der Waals surface area contributed by atoms with E-state index in [2.05, 4.69) is 4.90 Å². The molecule has 0 spiro atoms. The van der Waals surface area contributed by atoms with Gasteiger partial charge in [-0.25, -0.2) is 0 Å². The topological polar surface area (TPSA) is 152 Å². The fourth-order valence-electron chi connectivity index (χ4n) is 7.23. The van der Waals surface area contributed by atoms with Crippen LogP contribution < -0.4 is 0 Å². The Morgan fingerprint density at radius 2 is 1.63 bits per heavy atom. The third-order valence-corrected chi connectivity index (χ3v) is 9.88. The molecule has 0 aromatic heterocycles. The normalized spacial score (nSPS) is 46.8. The fourth-order valence-corrected chi connectivity index (χ4v) is 7.23. The Labute approximate surface area is 259 Å². The van der Waals surface area contributed by atoms with Crippen molar-refractivity contribution in [1.82, 2.24) is 9.80 Å². The lowest BCUT2D eigenvalue weighted by Gasteiger charge is -2.47. The number of likely N-dealkylation sites (N-methyl/N-ethyl adjacent to an activating group) is 1. The molecule has 0 amide bonds. The number of esters is 1. The van der Waals surface area contributed by atoms with Crippen LogP contribution in [0.4, 0.5) is 0 Å². The van der Waals surface area contributed by atoms with Crippen LogP contribution in [0, 0.1) is 17.8 Å². The van der Waals surface area contributed by atoms with Crippen molar-refractivity contribution >= 4 is 5.97 Å². The van der Waals surface area contributed by atoms with Gasteiger partial charge in [-0.15, -0.1) is 0 Å². The predicted molar refractivity (Wildman–Crippen MR) is 164 cm³/mol. The summed E-state index contributed by atoms with van der Waals surface area (Å²) in [6, 6.07) is -0.751. The van der Waals surface area contributed by atoms with Crippen LogP contribution in [0.15, 0.2) is 0 Å². The van der Waals surface area contributed by atoms with Gasteiger partial charge in [-0.1, -0.05) is 20.8 Å². The number of cyclic esters (lactones) is 1. The highest BCUT2D eigenvalue weighted by Gasteiger charge is 2.50. The van der Waals surface area contributed by atoms with Crippen molar-refractivity contribution in [3.05, 3.63) is 0 Å². The smallest absolute Gasteiger partial charge is 0.311 e. The van der Waals surface area contributed by atoms with Gasteiger partial charge in [0.2, 0.25) is 0 Å². The minimum Gasteiger partial charge on any atom is -0.459 e. The molecule has 43 heavy (non-hydrogen) atoms. The number of ether oxygens (including phenoxy) is 3. The summed E-state index contributed by atoms with van der Waals surface area (Å²) in [5.74, 6) is -2.67. The van der Waals surface area contributed by atoms with E-state index in [-0.39, 0.29) is 36.9 Å². The number of aliphatic hydroxyl groups excluding tert-OH is 3. The fraction of sp³-hybridized carbons (Fsp3) is 0.969. The summed E-state index contributed by atoms with van der Waals surface area (Å²) in [5.41, 5.74) is -3.27. The Balaban J connectivity index is 2.59. The summed E-state index contributed by atoms with van der Waals surface area (Å²) < 4.78 is 18.2. The molecule has 2 aliphatic heterocycles. The highest BCUT2D eigenvalue weighted by Crippen LogP contribution is 2.37. The summed E-state index contributed by atoms with van der Waals surface area (Å²) in [4.78, 5) is 17.4. The summed E-state index contributed by atoms with van der Waals surface area (Å²) in [6.45, 7) is 18.4. The second-order valence-corrected chi connectivity index (χ2v) is 14.5. The Hall–Kier alpha value is -0.890. The molecule has 0 aromatic carbocycles. The highest BCUT2D eigenvalue weighted by molar-refractivity contribution is 5.73. The van der Waals surface area contributed by atoms with Gasteiger partial charge in [-0.05, 0) is 87.7 Å². The number of carbonyl (C=O) groups excluding carboxylic acids is 1. The maximum Gasteiger partial charge on any atom is 0.311 e. The van der Waals surface area contributed by atoms with Crippen LogP contribution in [0.2, 0.25) is 0 Å². The van der Waals surface area contributed by atoms with Gasteiger partial charge in [0, 0.05) is 30.6 Å². The lowest BCUT2D eigenvalue weighted by molar-refractivity contribution is -0.299. The third kappa shape index (κ3) is 8.89. The summed E-state index contributed by atoms with van der Waals surface area (Å²) in [5, 5.41) is 57.7. The Bertz CT molecular complexity index is 885. The van der Waals surface area contributed by atoms with Crippen LogP contribution in [0.5, 0.6) is 0 Å². The standard InChI is InChI=1S/C32H62N2O9/c1-13-24-32(10,40)27(37)22(8)34(17(2)3)16-18(4)15-31(9,39)28(20(6)25(35)21(7)29(38)42-24)43-30-26(36)23(33(11)12)14-19(5)41-30/h17-28,30,35-37,39-40H,13-16H2,1-12H3/t18-,19-,20+,21-,22-,23+,24-,25+,26-,27-,28-,30+,31-,32-/m1/s1. The van der Waals surface area contributed by atoms with Crippen LogP contribution in [0.1, 0.15) is 88.5 Å². The zero-order valence-corrected chi connectivity index (χ0v) is 28.6. The van der Waals surface area contributed by atoms with Crippen LogP contribution >= 0.6 is 0 Å². The van der Waals surface area contributed by atoms with Crippen molar-refractivity contribution in [2.45, 2.75) is 161 Å². The summed E-state index contributed by atoms with van der Waals surface area (Å²) in [6.07, 6.45) is -5.79. The number of nitrogens with zero attached hydrogens (tertiary/aromatic N) is 2. The predicted octanol–water partition coefficient (Wildman–Crippen LogP) is 1.75. The average molecular weight is 619 g/mol. The molecule has 14 atom stereocenters. The summed E-state index contributed by atoms with van der Waals surface area (Å²) in [7, 11) is 3.76. The van der Waals surface area contributed by atoms with E-state index in [1.165, 1.54) is 13.8 Å². The Morgan fingerprint density at radius 3 is 2.14 bits per heavy atom. The minimum absolute atomic E-state index is 0.00536. The van der Waals surface area contributed by atoms with Gasteiger partial charge in [0.25, 0.3) is 0 Å². The molecule has 2 rings (SSSR count). The van der Waals surface area contributed by atoms with Gasteiger partial charge in [-0.3, -0.25) is 9.69 Å². The van der Waals surface area contributed by atoms with Crippen molar-refractivity contribution in [3.8, 4) is 0 Å². The molecule has 0 radical (unpaired) electrons. The van der Waals surface area contributed by atoms with Gasteiger partial charge in [0.15, 0.2) is 6.29 Å². The lowest BCUT2D eigenvalue weighted by Crippen LogP contribution is -2.60. The molecule has 11 heteroatoms. The second kappa shape index (κ2) is 15.1. The first-order chi connectivity index (χ1) is 19.7. The molecular weight excluding hydrogens is 556 g/mol. The van der Waals surface area contributed by atoms with Gasteiger partial charge < -0.3 is 44.6 Å². The van der Waals surface area contributed by atoms with E-state index in [9.17, 15) is 30.3 Å². The van der Waals surface area contributed by atoms with Crippen molar-refractivity contribution in [3.63, 3.8) is 0 Å². The van der Waals surface area contributed by atoms with Crippen LogP contribution in [-0.4, -0.2) is 134 Å². The third-order valence-electron chi connectivity index (χ3n) is 9.88. The first kappa shape index (κ1) is 38.3. The van der Waals surface area contributed by atoms with Crippen LogP contribution in [0.25, 0.3) is 0 Å². The number of carbonyl (C=O) groups is 1. The largest absolute Gasteiger partial charge is 0.459 e. The highest BCUT2D eigenvalue weighted by atomic mass is 16.7. The molecule has 254 valence electrons.